The van der Waals surface area contributed by atoms with Gasteiger partial charge in [0.2, 0.25) is 0 Å². The molecular weight excluding hydrogens is 214 g/mol. The van der Waals surface area contributed by atoms with E-state index in [-0.39, 0.29) is 5.97 Å². The monoisotopic (exact) mass is 232 g/mol. The number of esters is 1. The Bertz CT molecular complexity index is 371. The molecule has 3 heteroatoms. The topological polar surface area (TPSA) is 50.1 Å². The molecule has 0 spiro atoms. The maximum absolute atomic E-state index is 11.5. The number of carbonyl (C=O) groups excluding carboxylic acids is 1. The summed E-state index contributed by atoms with van der Waals surface area (Å²) in [5.41, 5.74) is 8.13. The molecule has 1 aromatic carbocycles. The Morgan fingerprint density at radius 1 is 1.29 bits per heavy atom. The van der Waals surface area contributed by atoms with E-state index in [1.807, 2.05) is 18.2 Å². The summed E-state index contributed by atoms with van der Waals surface area (Å²) in [4.78, 5) is 11.5. The molecule has 0 amide bonds. The van der Waals surface area contributed by atoms with E-state index in [0.717, 1.165) is 19.3 Å². The second-order valence-electron chi connectivity index (χ2n) is 4.66. The maximum atomic E-state index is 11.5. The van der Waals surface area contributed by atoms with Crippen molar-refractivity contribution in [3.8, 4) is 0 Å². The van der Waals surface area contributed by atoms with Crippen molar-refractivity contribution in [1.29, 1.82) is 0 Å². The van der Waals surface area contributed by atoms with E-state index in [0.29, 0.717) is 19.4 Å². The van der Waals surface area contributed by atoms with E-state index in [2.05, 4.69) is 12.1 Å². The first kappa shape index (κ1) is 12.1. The molecule has 1 saturated carbocycles. The van der Waals surface area contributed by atoms with Crippen LogP contribution >= 0.6 is 0 Å². The van der Waals surface area contributed by atoms with Crippen LogP contribution in [0, 0.1) is 0 Å². The van der Waals surface area contributed by atoms with E-state index < -0.39 is 5.54 Å². The van der Waals surface area contributed by atoms with Gasteiger partial charge in [0, 0.05) is 0 Å². The van der Waals surface area contributed by atoms with Gasteiger partial charge in [-0.2, -0.15) is 0 Å². The molecule has 0 heterocycles. The third kappa shape index (κ3) is 3.07. The van der Waals surface area contributed by atoms with Gasteiger partial charge in [-0.1, -0.05) is 30.3 Å². The Morgan fingerprint density at radius 2 is 2.00 bits per heavy atom. The van der Waals surface area contributed by atoms with Crippen molar-refractivity contribution >= 4 is 5.97 Å². The first-order chi connectivity index (χ1) is 8.21. The highest BCUT2D eigenvalue weighted by Crippen LogP contribution is 2.31. The molecule has 0 bridgehead atoms. The minimum atomic E-state index is -0.924. The zero-order chi connectivity index (χ0) is 12.1. The zero-order valence-electron chi connectivity index (χ0n) is 9.95. The Labute approximate surface area is 102 Å². The van der Waals surface area contributed by atoms with Gasteiger partial charge in [0.15, 0.2) is 0 Å². The number of rotatable bonds is 5. The van der Waals surface area contributed by atoms with Gasteiger partial charge in [-0.05, 0) is 37.7 Å². The summed E-state index contributed by atoms with van der Waals surface area (Å²) < 4.78 is 5.14. The van der Waals surface area contributed by atoms with Crippen LogP contribution in [0.2, 0.25) is 0 Å². The van der Waals surface area contributed by atoms with Crippen LogP contribution in [0.5, 0.6) is 0 Å². The van der Waals surface area contributed by atoms with E-state index in [4.69, 9.17) is 10.5 Å². The number of nitrogens with one attached hydrogen (secondary N) is 1. The third-order valence-electron chi connectivity index (χ3n) is 3.28. The second kappa shape index (κ2) is 5.32. The Hall–Kier alpha value is -1.35. The zero-order valence-corrected chi connectivity index (χ0v) is 9.95. The molecule has 1 aliphatic carbocycles. The largest absolute Gasteiger partial charge is 0.464 e. The molecule has 0 unspecified atom stereocenters. The lowest BCUT2D eigenvalue weighted by atomic mass is 9.78. The van der Waals surface area contributed by atoms with Crippen molar-refractivity contribution in [2.75, 3.05) is 6.61 Å². The molecule has 91 valence electrons. The molecule has 1 fully saturated rings. The van der Waals surface area contributed by atoms with Gasteiger partial charge in [0.25, 0.3) is 0 Å². The fourth-order valence-electron chi connectivity index (χ4n) is 1.96. The molecule has 0 atom stereocenters. The van der Waals surface area contributed by atoms with Crippen LogP contribution in [0.15, 0.2) is 30.3 Å². The summed E-state index contributed by atoms with van der Waals surface area (Å²) in [5, 5.41) is 0. The van der Waals surface area contributed by atoms with Crippen LogP contribution in [-0.2, 0) is 16.0 Å². The normalized spacial score (nSPS) is 17.2. The van der Waals surface area contributed by atoms with Gasteiger partial charge in [0.05, 0.1) is 6.61 Å². The van der Waals surface area contributed by atoms with Crippen molar-refractivity contribution in [3.63, 3.8) is 0 Å². The highest BCUT2D eigenvalue weighted by molar-refractivity contribution is 5.81. The van der Waals surface area contributed by atoms with E-state index in [9.17, 15) is 4.79 Å². The Balaban J connectivity index is 1.65. The fourth-order valence-corrected chi connectivity index (χ4v) is 1.96. The van der Waals surface area contributed by atoms with Crippen molar-refractivity contribution < 1.29 is 9.53 Å². The fraction of sp³-hybridized carbons (Fsp3) is 0.500. The first-order valence-corrected chi connectivity index (χ1v) is 6.17. The number of benzene rings is 1. The second-order valence-corrected chi connectivity index (χ2v) is 4.66. The third-order valence-corrected chi connectivity index (χ3v) is 3.28. The predicted octanol–water partition coefficient (Wildman–Crippen LogP) is 2.37. The lowest BCUT2D eigenvalue weighted by Gasteiger charge is -2.33. The molecule has 0 aromatic heterocycles. The lowest BCUT2D eigenvalue weighted by molar-refractivity contribution is -0.154. The lowest BCUT2D eigenvalue weighted by Crippen LogP contribution is -2.47. The maximum Gasteiger partial charge on any atom is 0.327 e. The molecule has 3 nitrogen and oxygen atoms in total. The van der Waals surface area contributed by atoms with Crippen LogP contribution in [0.3, 0.4) is 0 Å². The van der Waals surface area contributed by atoms with Gasteiger partial charge >= 0.3 is 5.97 Å². The van der Waals surface area contributed by atoms with Gasteiger partial charge < -0.3 is 4.74 Å². The predicted molar refractivity (Wildman–Crippen MR) is 65.4 cm³/mol. The molecular formula is C14H18NO2. The van der Waals surface area contributed by atoms with Crippen LogP contribution < -0.4 is 5.73 Å². The van der Waals surface area contributed by atoms with Gasteiger partial charge in [-0.15, -0.1) is 0 Å². The summed E-state index contributed by atoms with van der Waals surface area (Å²) >= 11 is 0. The number of hydrogen-bond acceptors (Lipinski definition) is 2. The first-order valence-electron chi connectivity index (χ1n) is 6.17. The van der Waals surface area contributed by atoms with E-state index in [1.165, 1.54) is 5.56 Å². The average Bonchev–Trinajstić information content (AvgIpc) is 2.32. The minimum Gasteiger partial charge on any atom is -0.464 e. The van der Waals surface area contributed by atoms with Crippen LogP contribution in [0.25, 0.3) is 0 Å². The summed E-state index contributed by atoms with van der Waals surface area (Å²) in [6, 6.07) is 10.1. The van der Waals surface area contributed by atoms with E-state index >= 15 is 0 Å². The Kier molecular flexibility index (Phi) is 3.79. The van der Waals surface area contributed by atoms with Gasteiger partial charge in [-0.25, -0.2) is 10.5 Å². The molecule has 1 N–H and O–H groups in total. The highest BCUT2D eigenvalue weighted by atomic mass is 16.5. The smallest absolute Gasteiger partial charge is 0.327 e. The van der Waals surface area contributed by atoms with Crippen molar-refractivity contribution in [2.45, 2.75) is 37.6 Å². The molecule has 0 aliphatic heterocycles. The molecule has 2 rings (SSSR count). The van der Waals surface area contributed by atoms with Gasteiger partial charge in [-0.3, -0.25) is 0 Å². The quantitative estimate of drug-likeness (QED) is 0.578. The molecule has 1 aromatic rings. The molecule has 1 aliphatic rings. The minimum absolute atomic E-state index is 0.336. The summed E-state index contributed by atoms with van der Waals surface area (Å²) in [6.45, 7) is 0.425. The number of hydrogen-bond donors (Lipinski definition) is 0. The van der Waals surface area contributed by atoms with Crippen LogP contribution in [-0.4, -0.2) is 18.1 Å². The Morgan fingerprint density at radius 3 is 2.59 bits per heavy atom. The highest BCUT2D eigenvalue weighted by Gasteiger charge is 2.42. The standard InChI is InChI=1S/C14H18NO2/c15-14(9-5-10-14)13(16)17-11-4-8-12-6-2-1-3-7-12/h1-3,6-7,15H,4-5,8-11H2. The number of aryl methyl sites for hydroxylation is 1. The van der Waals surface area contributed by atoms with Crippen molar-refractivity contribution in [1.82, 2.24) is 5.73 Å². The number of ether oxygens (including phenoxy) is 1. The SMILES string of the molecule is [NH]C1(C(=O)OCCCc2ccccc2)CCC1. The summed E-state index contributed by atoms with van der Waals surface area (Å²) in [5.74, 6) is -0.336. The molecule has 17 heavy (non-hydrogen) atoms. The summed E-state index contributed by atoms with van der Waals surface area (Å²) in [6.07, 6.45) is 4.03. The van der Waals surface area contributed by atoms with E-state index in [1.54, 1.807) is 0 Å². The van der Waals surface area contributed by atoms with Crippen molar-refractivity contribution in [2.24, 2.45) is 0 Å². The van der Waals surface area contributed by atoms with Crippen molar-refractivity contribution in [3.05, 3.63) is 35.9 Å². The van der Waals surface area contributed by atoms with Crippen LogP contribution in [0.4, 0.5) is 0 Å². The molecule has 0 saturated heterocycles. The van der Waals surface area contributed by atoms with Gasteiger partial charge in [0.1, 0.15) is 5.54 Å². The average molecular weight is 232 g/mol. The van der Waals surface area contributed by atoms with Crippen LogP contribution in [0.1, 0.15) is 31.2 Å². The molecule has 1 radical (unpaired) electrons. The summed E-state index contributed by atoms with van der Waals surface area (Å²) in [7, 11) is 0. The number of carbonyl (C=O) groups is 1.